The Hall–Kier alpha value is -2.14. The zero-order valence-corrected chi connectivity index (χ0v) is 8.20. The Kier molecular flexibility index (Phi) is 2.70. The van der Waals surface area contributed by atoms with Crippen molar-refractivity contribution in [1.29, 1.82) is 0 Å². The molecule has 1 heterocycles. The highest BCUT2D eigenvalue weighted by atomic mass is 16.5. The topological polar surface area (TPSA) is 83.6 Å². The molecule has 0 saturated carbocycles. The predicted molar refractivity (Wildman–Crippen MR) is 54.5 cm³/mol. The van der Waals surface area contributed by atoms with E-state index in [9.17, 15) is 9.90 Å². The molecule has 0 aliphatic heterocycles. The number of carboxylic acids is 1. The predicted octanol–water partition coefficient (Wildman–Crippen LogP) is 1.46. The van der Waals surface area contributed by atoms with E-state index in [1.807, 2.05) is 18.2 Å². The van der Waals surface area contributed by atoms with E-state index in [1.54, 1.807) is 12.1 Å². The second kappa shape index (κ2) is 4.16. The summed E-state index contributed by atoms with van der Waals surface area (Å²) in [7, 11) is 0. The first-order chi connectivity index (χ1) is 7.68. The normalized spacial score (nSPS) is 12.3. The lowest BCUT2D eigenvalue weighted by Gasteiger charge is -1.97. The van der Waals surface area contributed by atoms with Crippen LogP contribution in [0, 0.1) is 0 Å². The van der Waals surface area contributed by atoms with Gasteiger partial charge in [0.25, 0.3) is 0 Å². The fraction of sp³-hybridized carbons (Fsp3) is 0.0909. The van der Waals surface area contributed by atoms with Crippen LogP contribution in [-0.4, -0.2) is 21.3 Å². The molecule has 0 radical (unpaired) electrons. The minimum Gasteiger partial charge on any atom is -0.479 e. The fourth-order valence-electron chi connectivity index (χ4n) is 1.28. The number of aliphatic hydroxyl groups is 1. The SMILES string of the molecule is O=C(O)C(O)c1cc(-c2ccccc2)on1. The standard InChI is InChI=1S/C11H9NO4/c13-10(11(14)15)8-6-9(16-12-8)7-4-2-1-3-5-7/h1-6,10,13H,(H,14,15). The highest BCUT2D eigenvalue weighted by molar-refractivity contribution is 5.74. The van der Waals surface area contributed by atoms with Gasteiger partial charge in [0.2, 0.25) is 0 Å². The zero-order chi connectivity index (χ0) is 11.5. The van der Waals surface area contributed by atoms with E-state index in [2.05, 4.69) is 5.16 Å². The van der Waals surface area contributed by atoms with Gasteiger partial charge in [0.1, 0.15) is 5.69 Å². The van der Waals surface area contributed by atoms with E-state index in [-0.39, 0.29) is 5.69 Å². The first-order valence-corrected chi connectivity index (χ1v) is 4.61. The van der Waals surface area contributed by atoms with E-state index in [4.69, 9.17) is 9.63 Å². The number of hydrogen-bond donors (Lipinski definition) is 2. The van der Waals surface area contributed by atoms with Crippen LogP contribution < -0.4 is 0 Å². The van der Waals surface area contributed by atoms with Crippen LogP contribution in [0.4, 0.5) is 0 Å². The summed E-state index contributed by atoms with van der Waals surface area (Å²) in [6.07, 6.45) is -1.65. The lowest BCUT2D eigenvalue weighted by atomic mass is 10.1. The smallest absolute Gasteiger partial charge is 0.339 e. The molecule has 1 aromatic carbocycles. The molecule has 0 aliphatic carbocycles. The number of nitrogens with zero attached hydrogens (tertiary/aromatic N) is 1. The molecule has 1 unspecified atom stereocenters. The third-order valence-electron chi connectivity index (χ3n) is 2.10. The van der Waals surface area contributed by atoms with E-state index < -0.39 is 12.1 Å². The lowest BCUT2D eigenvalue weighted by molar-refractivity contribution is -0.147. The molecule has 0 saturated heterocycles. The molecular weight excluding hydrogens is 210 g/mol. The van der Waals surface area contributed by atoms with E-state index in [0.717, 1.165) is 5.56 Å². The second-order valence-corrected chi connectivity index (χ2v) is 3.22. The van der Waals surface area contributed by atoms with Crippen LogP contribution in [0.1, 0.15) is 11.8 Å². The summed E-state index contributed by atoms with van der Waals surface area (Å²) in [5, 5.41) is 21.3. The van der Waals surface area contributed by atoms with Crippen molar-refractivity contribution in [2.24, 2.45) is 0 Å². The second-order valence-electron chi connectivity index (χ2n) is 3.22. The third kappa shape index (κ3) is 1.94. The molecule has 0 aliphatic rings. The van der Waals surface area contributed by atoms with E-state index in [1.165, 1.54) is 6.07 Å². The average Bonchev–Trinajstić information content (AvgIpc) is 2.78. The molecule has 82 valence electrons. The van der Waals surface area contributed by atoms with Crippen molar-refractivity contribution in [1.82, 2.24) is 5.16 Å². The van der Waals surface area contributed by atoms with Crippen molar-refractivity contribution < 1.29 is 19.5 Å². The Morgan fingerprint density at radius 2 is 2.00 bits per heavy atom. The largest absolute Gasteiger partial charge is 0.479 e. The molecule has 16 heavy (non-hydrogen) atoms. The van der Waals surface area contributed by atoms with Gasteiger partial charge in [-0.2, -0.15) is 0 Å². The number of benzene rings is 1. The van der Waals surface area contributed by atoms with Gasteiger partial charge in [0.15, 0.2) is 11.9 Å². The van der Waals surface area contributed by atoms with Crippen molar-refractivity contribution in [3.05, 3.63) is 42.1 Å². The molecule has 2 aromatic rings. The summed E-state index contributed by atoms with van der Waals surface area (Å²) < 4.78 is 4.95. The Morgan fingerprint density at radius 3 is 2.62 bits per heavy atom. The van der Waals surface area contributed by atoms with Gasteiger partial charge in [-0.3, -0.25) is 0 Å². The molecule has 2 N–H and O–H groups in total. The van der Waals surface area contributed by atoms with Crippen LogP contribution in [0.25, 0.3) is 11.3 Å². The maximum Gasteiger partial charge on any atom is 0.339 e. The maximum atomic E-state index is 10.5. The lowest BCUT2D eigenvalue weighted by Crippen LogP contribution is -2.10. The minimum atomic E-state index is -1.65. The van der Waals surface area contributed by atoms with Gasteiger partial charge in [0.05, 0.1) is 0 Å². The first kappa shape index (κ1) is 10.4. The Balaban J connectivity index is 2.30. The van der Waals surface area contributed by atoms with Crippen LogP contribution >= 0.6 is 0 Å². The summed E-state index contributed by atoms with van der Waals surface area (Å²) in [5.74, 6) is -0.927. The molecule has 0 amide bonds. The Bertz CT molecular complexity index is 492. The van der Waals surface area contributed by atoms with Crippen LogP contribution in [-0.2, 0) is 4.79 Å². The van der Waals surface area contributed by atoms with Crippen LogP contribution in [0.15, 0.2) is 40.9 Å². The Labute approximate surface area is 90.9 Å². The van der Waals surface area contributed by atoms with Gasteiger partial charge in [-0.1, -0.05) is 35.5 Å². The molecule has 0 fully saturated rings. The van der Waals surface area contributed by atoms with Crippen molar-refractivity contribution in [2.45, 2.75) is 6.10 Å². The van der Waals surface area contributed by atoms with Gasteiger partial charge in [0, 0.05) is 11.6 Å². The molecule has 5 heteroatoms. The van der Waals surface area contributed by atoms with Gasteiger partial charge >= 0.3 is 5.97 Å². The number of hydrogen-bond acceptors (Lipinski definition) is 4. The van der Waals surface area contributed by atoms with Gasteiger partial charge < -0.3 is 14.7 Å². The molecular formula is C11H9NO4. The highest BCUT2D eigenvalue weighted by Gasteiger charge is 2.20. The number of aliphatic carboxylic acids is 1. The van der Waals surface area contributed by atoms with Crippen LogP contribution in [0.5, 0.6) is 0 Å². The molecule has 0 spiro atoms. The van der Waals surface area contributed by atoms with Crippen molar-refractivity contribution in [2.75, 3.05) is 0 Å². The number of aliphatic hydroxyl groups excluding tert-OH is 1. The molecule has 0 bridgehead atoms. The zero-order valence-electron chi connectivity index (χ0n) is 8.20. The quantitative estimate of drug-likeness (QED) is 0.816. The fourth-order valence-corrected chi connectivity index (χ4v) is 1.28. The third-order valence-corrected chi connectivity index (χ3v) is 2.10. The number of rotatable bonds is 3. The Morgan fingerprint density at radius 1 is 1.31 bits per heavy atom. The van der Waals surface area contributed by atoms with E-state index >= 15 is 0 Å². The van der Waals surface area contributed by atoms with Gasteiger partial charge in [-0.05, 0) is 0 Å². The van der Waals surface area contributed by atoms with Crippen molar-refractivity contribution >= 4 is 5.97 Å². The van der Waals surface area contributed by atoms with E-state index in [0.29, 0.717) is 5.76 Å². The molecule has 1 aromatic heterocycles. The summed E-state index contributed by atoms with van der Waals surface area (Å²) in [5.41, 5.74) is 0.769. The number of carboxylic acid groups (broad SMARTS) is 1. The van der Waals surface area contributed by atoms with Gasteiger partial charge in [-0.15, -0.1) is 0 Å². The van der Waals surface area contributed by atoms with Crippen LogP contribution in [0.3, 0.4) is 0 Å². The molecule has 1 atom stereocenters. The summed E-state index contributed by atoms with van der Waals surface area (Å²) in [6.45, 7) is 0. The minimum absolute atomic E-state index is 0.00801. The van der Waals surface area contributed by atoms with Gasteiger partial charge in [-0.25, -0.2) is 4.79 Å². The summed E-state index contributed by atoms with van der Waals surface area (Å²) in [4.78, 5) is 10.5. The van der Waals surface area contributed by atoms with Crippen molar-refractivity contribution in [3.63, 3.8) is 0 Å². The number of carbonyl (C=O) groups is 1. The van der Waals surface area contributed by atoms with Crippen LogP contribution in [0.2, 0.25) is 0 Å². The number of aromatic nitrogens is 1. The average molecular weight is 219 g/mol. The maximum absolute atomic E-state index is 10.5. The van der Waals surface area contributed by atoms with Crippen molar-refractivity contribution in [3.8, 4) is 11.3 Å². The monoisotopic (exact) mass is 219 g/mol. The molecule has 5 nitrogen and oxygen atoms in total. The summed E-state index contributed by atoms with van der Waals surface area (Å²) >= 11 is 0. The molecule has 2 rings (SSSR count). The first-order valence-electron chi connectivity index (χ1n) is 4.61. The highest BCUT2D eigenvalue weighted by Crippen LogP contribution is 2.22. The summed E-state index contributed by atoms with van der Waals surface area (Å²) in [6, 6.07) is 10.5.